The van der Waals surface area contributed by atoms with Crippen LogP contribution in [-0.2, 0) is 6.42 Å². The van der Waals surface area contributed by atoms with E-state index in [4.69, 9.17) is 9.47 Å². The predicted octanol–water partition coefficient (Wildman–Crippen LogP) is 2.94. The van der Waals surface area contributed by atoms with Crippen molar-refractivity contribution in [3.8, 4) is 11.5 Å². The maximum atomic E-state index is 5.56. The molecular weight excluding hydrogens is 238 g/mol. The van der Waals surface area contributed by atoms with Crippen molar-refractivity contribution in [1.82, 2.24) is 5.32 Å². The molecule has 106 valence electrons. The normalized spacial score (nSPS) is 16.8. The van der Waals surface area contributed by atoms with E-state index in [1.165, 1.54) is 30.4 Å². The van der Waals surface area contributed by atoms with Crippen molar-refractivity contribution in [1.29, 1.82) is 0 Å². The quantitative estimate of drug-likeness (QED) is 0.856. The molecule has 0 heterocycles. The number of hydrogen-bond donors (Lipinski definition) is 1. The Bertz CT molecular complexity index is 439. The first-order chi connectivity index (χ1) is 9.14. The van der Waals surface area contributed by atoms with Gasteiger partial charge in [0.1, 0.15) is 11.5 Å². The number of methoxy groups -OCH3 is 2. The summed E-state index contributed by atoms with van der Waals surface area (Å²) in [4.78, 5) is 0. The fourth-order valence-corrected chi connectivity index (χ4v) is 3.12. The van der Waals surface area contributed by atoms with Gasteiger partial charge in [-0.3, -0.25) is 0 Å². The van der Waals surface area contributed by atoms with E-state index in [0.29, 0.717) is 5.41 Å². The predicted molar refractivity (Wildman–Crippen MR) is 78.2 cm³/mol. The summed E-state index contributed by atoms with van der Waals surface area (Å²) in [6.07, 6.45) is 5.05. The zero-order chi connectivity index (χ0) is 13.9. The second-order valence-electron chi connectivity index (χ2n) is 5.69. The van der Waals surface area contributed by atoms with Crippen molar-refractivity contribution >= 4 is 0 Å². The molecule has 1 aromatic carbocycles. The summed E-state index contributed by atoms with van der Waals surface area (Å²) in [6, 6.07) is 4.09. The molecular formula is C16H25NO2. The van der Waals surface area contributed by atoms with Crippen molar-refractivity contribution < 1.29 is 9.47 Å². The highest BCUT2D eigenvalue weighted by Crippen LogP contribution is 2.45. The van der Waals surface area contributed by atoms with Crippen molar-refractivity contribution in [2.24, 2.45) is 5.41 Å². The van der Waals surface area contributed by atoms with Crippen LogP contribution < -0.4 is 14.8 Å². The van der Waals surface area contributed by atoms with Crippen LogP contribution in [0.5, 0.6) is 11.5 Å². The van der Waals surface area contributed by atoms with E-state index in [9.17, 15) is 0 Å². The molecule has 0 atom stereocenters. The number of aryl methyl sites for hydroxylation is 1. The highest BCUT2D eigenvalue weighted by Gasteiger charge is 2.37. The Hall–Kier alpha value is -1.22. The third-order valence-electron chi connectivity index (χ3n) is 4.38. The SMILES string of the molecule is CNCC1(Cc2c(C)cc(OC)cc2OC)CCC1. The minimum absolute atomic E-state index is 0.418. The topological polar surface area (TPSA) is 30.5 Å². The Balaban J connectivity index is 2.28. The van der Waals surface area contributed by atoms with Gasteiger partial charge in [-0.2, -0.15) is 0 Å². The summed E-state index contributed by atoms with van der Waals surface area (Å²) in [5.41, 5.74) is 3.01. The summed E-state index contributed by atoms with van der Waals surface area (Å²) >= 11 is 0. The molecule has 3 heteroatoms. The van der Waals surface area contributed by atoms with Crippen molar-refractivity contribution in [2.45, 2.75) is 32.6 Å². The van der Waals surface area contributed by atoms with E-state index in [1.54, 1.807) is 14.2 Å². The molecule has 0 saturated heterocycles. The minimum atomic E-state index is 0.418. The highest BCUT2D eigenvalue weighted by molar-refractivity contribution is 5.47. The fourth-order valence-electron chi connectivity index (χ4n) is 3.12. The Morgan fingerprint density at radius 1 is 1.21 bits per heavy atom. The monoisotopic (exact) mass is 263 g/mol. The van der Waals surface area contributed by atoms with Crippen molar-refractivity contribution in [3.05, 3.63) is 23.3 Å². The second kappa shape index (κ2) is 5.83. The Morgan fingerprint density at radius 3 is 2.42 bits per heavy atom. The lowest BCUT2D eigenvalue weighted by Gasteiger charge is -2.42. The third-order valence-corrected chi connectivity index (χ3v) is 4.38. The van der Waals surface area contributed by atoms with E-state index in [0.717, 1.165) is 24.5 Å². The molecule has 1 N–H and O–H groups in total. The van der Waals surface area contributed by atoms with Crippen LogP contribution in [0.2, 0.25) is 0 Å². The molecule has 0 spiro atoms. The maximum Gasteiger partial charge on any atom is 0.126 e. The standard InChI is InChI=1S/C16H25NO2/c1-12-8-13(18-3)9-15(19-4)14(12)10-16(11-17-2)6-5-7-16/h8-9,17H,5-7,10-11H2,1-4H3. The molecule has 0 radical (unpaired) electrons. The molecule has 2 rings (SSSR count). The first kappa shape index (κ1) is 14.2. The largest absolute Gasteiger partial charge is 0.497 e. The van der Waals surface area contributed by atoms with Crippen LogP contribution in [0.4, 0.5) is 0 Å². The van der Waals surface area contributed by atoms with E-state index >= 15 is 0 Å². The molecule has 3 nitrogen and oxygen atoms in total. The molecule has 0 unspecified atom stereocenters. The maximum absolute atomic E-state index is 5.56. The van der Waals surface area contributed by atoms with Gasteiger partial charge in [0.15, 0.2) is 0 Å². The summed E-state index contributed by atoms with van der Waals surface area (Å²) in [7, 11) is 5.48. The van der Waals surface area contributed by atoms with Crippen LogP contribution in [0, 0.1) is 12.3 Å². The van der Waals surface area contributed by atoms with Crippen LogP contribution in [0.15, 0.2) is 12.1 Å². The lowest BCUT2D eigenvalue weighted by atomic mass is 9.65. The van der Waals surface area contributed by atoms with Crippen LogP contribution >= 0.6 is 0 Å². The van der Waals surface area contributed by atoms with Gasteiger partial charge in [-0.25, -0.2) is 0 Å². The number of nitrogens with one attached hydrogen (secondary N) is 1. The zero-order valence-electron chi connectivity index (χ0n) is 12.5. The van der Waals surface area contributed by atoms with E-state index in [2.05, 4.69) is 18.3 Å². The summed E-state index contributed by atoms with van der Waals surface area (Å²) in [6.45, 7) is 3.23. The first-order valence-electron chi connectivity index (χ1n) is 7.00. The molecule has 0 aromatic heterocycles. The van der Waals surface area contributed by atoms with E-state index < -0.39 is 0 Å². The average Bonchev–Trinajstić information content (AvgIpc) is 2.37. The average molecular weight is 263 g/mol. The fraction of sp³-hybridized carbons (Fsp3) is 0.625. The molecule has 1 aliphatic carbocycles. The van der Waals surface area contributed by atoms with Gasteiger partial charge < -0.3 is 14.8 Å². The van der Waals surface area contributed by atoms with Crippen LogP contribution in [0.25, 0.3) is 0 Å². The summed E-state index contributed by atoms with van der Waals surface area (Å²) in [5, 5.41) is 3.34. The highest BCUT2D eigenvalue weighted by atomic mass is 16.5. The van der Waals surface area contributed by atoms with Gasteiger partial charge >= 0.3 is 0 Å². The van der Waals surface area contributed by atoms with Gasteiger partial charge in [0.05, 0.1) is 14.2 Å². The lowest BCUT2D eigenvalue weighted by molar-refractivity contribution is 0.132. The molecule has 1 aromatic rings. The van der Waals surface area contributed by atoms with Crippen LogP contribution in [0.3, 0.4) is 0 Å². The van der Waals surface area contributed by atoms with E-state index in [1.807, 2.05) is 13.1 Å². The summed E-state index contributed by atoms with van der Waals surface area (Å²) in [5.74, 6) is 1.83. The van der Waals surface area contributed by atoms with Gasteiger partial charge in [-0.1, -0.05) is 6.42 Å². The molecule has 0 amide bonds. The van der Waals surface area contributed by atoms with Crippen molar-refractivity contribution in [2.75, 3.05) is 27.8 Å². The van der Waals surface area contributed by atoms with Gasteiger partial charge in [0, 0.05) is 12.6 Å². The molecule has 19 heavy (non-hydrogen) atoms. The number of rotatable bonds is 6. The lowest BCUT2D eigenvalue weighted by Crippen LogP contribution is -2.40. The third kappa shape index (κ3) is 2.86. The van der Waals surface area contributed by atoms with Crippen LogP contribution in [0.1, 0.15) is 30.4 Å². The molecule has 1 saturated carbocycles. The van der Waals surface area contributed by atoms with Crippen molar-refractivity contribution in [3.63, 3.8) is 0 Å². The van der Waals surface area contributed by atoms with E-state index in [-0.39, 0.29) is 0 Å². The zero-order valence-corrected chi connectivity index (χ0v) is 12.5. The second-order valence-corrected chi connectivity index (χ2v) is 5.69. The Morgan fingerprint density at radius 2 is 1.95 bits per heavy atom. The molecule has 1 aliphatic rings. The smallest absolute Gasteiger partial charge is 0.126 e. The summed E-state index contributed by atoms with van der Waals surface area (Å²) < 4.78 is 10.9. The molecule has 0 bridgehead atoms. The molecule has 0 aliphatic heterocycles. The van der Waals surface area contributed by atoms with Gasteiger partial charge in [-0.15, -0.1) is 0 Å². The number of ether oxygens (including phenoxy) is 2. The van der Waals surface area contributed by atoms with Gasteiger partial charge in [0.25, 0.3) is 0 Å². The van der Waals surface area contributed by atoms with Gasteiger partial charge in [0.2, 0.25) is 0 Å². The Kier molecular flexibility index (Phi) is 4.35. The number of hydrogen-bond acceptors (Lipinski definition) is 3. The number of benzene rings is 1. The Labute approximate surface area is 116 Å². The first-order valence-corrected chi connectivity index (χ1v) is 7.00. The molecule has 1 fully saturated rings. The minimum Gasteiger partial charge on any atom is -0.497 e. The van der Waals surface area contributed by atoms with Crippen LogP contribution in [-0.4, -0.2) is 27.8 Å². The van der Waals surface area contributed by atoms with Gasteiger partial charge in [-0.05, 0) is 55.8 Å².